The molecule has 0 nitrogen and oxygen atoms in total. The van der Waals surface area contributed by atoms with E-state index < -0.39 is 15.8 Å². The van der Waals surface area contributed by atoms with Gasteiger partial charge in [-0.15, -0.1) is 0 Å². The van der Waals surface area contributed by atoms with Crippen molar-refractivity contribution in [2.75, 3.05) is 0 Å². The summed E-state index contributed by atoms with van der Waals surface area (Å²) in [5, 5.41) is 8.52. The second kappa shape index (κ2) is 14.6. The van der Waals surface area contributed by atoms with Crippen LogP contribution in [0.3, 0.4) is 0 Å². The van der Waals surface area contributed by atoms with Crippen LogP contribution in [-0.2, 0) is 6.42 Å². The summed E-state index contributed by atoms with van der Waals surface area (Å²) in [7, 11) is -1.39. The fourth-order valence-electron chi connectivity index (χ4n) is 5.79. The highest BCUT2D eigenvalue weighted by atomic mass is 127. The molecule has 0 bridgehead atoms. The molecule has 0 fully saturated rings. The normalized spacial score (nSPS) is 12.1. The average Bonchev–Trinajstić information content (AvgIpc) is 3.06. The topological polar surface area (TPSA) is 0 Å². The molecule has 1 atom stereocenters. The standard InChI is InChI=1S/C42H39IP2/c1-30-13-21-35(22-14-30)44(36-23-15-31(2)16-24-36)41-11-7-5-9-34(41)29-40(43)39-10-6-8-12-42(39)45(37-25-17-32(3)18-26-37)38-27-19-33(4)20-28-38/h5-28,40H,29H2,1-4H3. The van der Waals surface area contributed by atoms with E-state index in [0.717, 1.165) is 6.42 Å². The number of alkyl halides is 1. The molecule has 0 saturated heterocycles. The van der Waals surface area contributed by atoms with Gasteiger partial charge in [-0.05, 0) is 92.9 Å². The molecule has 0 N–H and O–H groups in total. The fourth-order valence-corrected chi connectivity index (χ4v) is 12.0. The van der Waals surface area contributed by atoms with Crippen LogP contribution in [0.15, 0.2) is 146 Å². The van der Waals surface area contributed by atoms with E-state index in [1.54, 1.807) is 0 Å². The zero-order valence-corrected chi connectivity index (χ0v) is 30.4. The lowest BCUT2D eigenvalue weighted by molar-refractivity contribution is 0.980. The number of benzene rings is 6. The fraction of sp³-hybridized carbons (Fsp3) is 0.143. The van der Waals surface area contributed by atoms with Crippen LogP contribution in [-0.4, -0.2) is 0 Å². The number of hydrogen-bond acceptors (Lipinski definition) is 0. The van der Waals surface area contributed by atoms with Crippen LogP contribution in [0.5, 0.6) is 0 Å². The van der Waals surface area contributed by atoms with Gasteiger partial charge in [-0.3, -0.25) is 0 Å². The number of rotatable bonds is 9. The van der Waals surface area contributed by atoms with Gasteiger partial charge >= 0.3 is 0 Å². The molecule has 0 aliphatic heterocycles. The second-order valence-corrected chi connectivity index (χ2v) is 17.7. The van der Waals surface area contributed by atoms with Crippen LogP contribution in [0.4, 0.5) is 0 Å². The lowest BCUT2D eigenvalue weighted by atomic mass is 10.0. The van der Waals surface area contributed by atoms with Crippen molar-refractivity contribution in [1.82, 2.24) is 0 Å². The second-order valence-electron chi connectivity index (χ2n) is 11.9. The lowest BCUT2D eigenvalue weighted by Gasteiger charge is -2.26. The molecule has 0 aromatic heterocycles. The van der Waals surface area contributed by atoms with E-state index in [0.29, 0.717) is 3.92 Å². The molecule has 0 aliphatic carbocycles. The van der Waals surface area contributed by atoms with Gasteiger partial charge in [0.25, 0.3) is 0 Å². The Labute approximate surface area is 285 Å². The molecule has 224 valence electrons. The van der Waals surface area contributed by atoms with Crippen molar-refractivity contribution in [3.05, 3.63) is 179 Å². The van der Waals surface area contributed by atoms with E-state index in [1.807, 2.05) is 0 Å². The van der Waals surface area contributed by atoms with Crippen molar-refractivity contribution < 1.29 is 0 Å². The van der Waals surface area contributed by atoms with Gasteiger partial charge in [0.2, 0.25) is 0 Å². The predicted octanol–water partition coefficient (Wildman–Crippen LogP) is 9.16. The van der Waals surface area contributed by atoms with Crippen molar-refractivity contribution in [1.29, 1.82) is 0 Å². The lowest BCUT2D eigenvalue weighted by Crippen LogP contribution is -2.26. The molecule has 45 heavy (non-hydrogen) atoms. The Morgan fingerprint density at radius 3 is 1.18 bits per heavy atom. The smallest absolute Gasteiger partial charge is 0.0406 e. The van der Waals surface area contributed by atoms with E-state index in [4.69, 9.17) is 0 Å². The number of halogens is 1. The summed E-state index contributed by atoms with van der Waals surface area (Å²) < 4.78 is 0.328. The maximum atomic E-state index is 2.72. The summed E-state index contributed by atoms with van der Waals surface area (Å²) in [5.74, 6) is 0. The molecule has 6 aromatic carbocycles. The Balaban J connectivity index is 1.42. The first kappa shape index (κ1) is 31.9. The SMILES string of the molecule is Cc1ccc(P(c2ccc(C)cc2)c2ccccc2CC(I)c2ccccc2P(c2ccc(C)cc2)c2ccc(C)cc2)cc1. The van der Waals surface area contributed by atoms with Crippen LogP contribution in [0.2, 0.25) is 0 Å². The van der Waals surface area contributed by atoms with E-state index in [9.17, 15) is 0 Å². The number of hydrogen-bond donors (Lipinski definition) is 0. The molecule has 1 unspecified atom stereocenters. The van der Waals surface area contributed by atoms with Gasteiger partial charge in [-0.2, -0.15) is 0 Å². The van der Waals surface area contributed by atoms with Crippen molar-refractivity contribution in [3.63, 3.8) is 0 Å². The maximum Gasteiger partial charge on any atom is 0.0406 e. The zero-order valence-electron chi connectivity index (χ0n) is 26.4. The van der Waals surface area contributed by atoms with Gasteiger partial charge < -0.3 is 0 Å². The third kappa shape index (κ3) is 7.49. The van der Waals surface area contributed by atoms with Gasteiger partial charge in [-0.25, -0.2) is 0 Å². The Morgan fingerprint density at radius 2 is 0.756 bits per heavy atom. The van der Waals surface area contributed by atoms with Crippen molar-refractivity contribution in [3.8, 4) is 0 Å². The molecule has 0 radical (unpaired) electrons. The monoisotopic (exact) mass is 732 g/mol. The van der Waals surface area contributed by atoms with Gasteiger partial charge in [-0.1, -0.05) is 190 Å². The van der Waals surface area contributed by atoms with Crippen LogP contribution in [0, 0.1) is 27.7 Å². The van der Waals surface area contributed by atoms with Gasteiger partial charge in [0.05, 0.1) is 0 Å². The van der Waals surface area contributed by atoms with Gasteiger partial charge in [0, 0.05) is 3.92 Å². The highest BCUT2D eigenvalue weighted by Gasteiger charge is 2.25. The summed E-state index contributed by atoms with van der Waals surface area (Å²) in [4.78, 5) is 0. The highest BCUT2D eigenvalue weighted by Crippen LogP contribution is 2.40. The molecule has 6 aromatic rings. The molecule has 0 aliphatic rings. The molecule has 0 spiro atoms. The van der Waals surface area contributed by atoms with E-state index in [2.05, 4.69) is 196 Å². The summed E-state index contributed by atoms with van der Waals surface area (Å²) in [5.41, 5.74) is 8.08. The predicted molar refractivity (Wildman–Crippen MR) is 210 cm³/mol. The van der Waals surface area contributed by atoms with E-state index in [-0.39, 0.29) is 0 Å². The van der Waals surface area contributed by atoms with Crippen molar-refractivity contribution in [2.24, 2.45) is 0 Å². The molecule has 0 heterocycles. The van der Waals surface area contributed by atoms with E-state index >= 15 is 0 Å². The Kier molecular flexibility index (Phi) is 10.3. The molecular formula is C42H39IP2. The van der Waals surface area contributed by atoms with Crippen molar-refractivity contribution in [2.45, 2.75) is 38.0 Å². The van der Waals surface area contributed by atoms with Crippen molar-refractivity contribution >= 4 is 70.3 Å². The van der Waals surface area contributed by atoms with Gasteiger partial charge in [0.15, 0.2) is 0 Å². The largest absolute Gasteiger partial charge is 0.0770 e. The van der Waals surface area contributed by atoms with Gasteiger partial charge in [0.1, 0.15) is 0 Å². The van der Waals surface area contributed by atoms with Crippen LogP contribution < -0.4 is 31.8 Å². The van der Waals surface area contributed by atoms with Crippen LogP contribution in [0.25, 0.3) is 0 Å². The number of aryl methyl sites for hydroxylation is 4. The Hall–Kier alpha value is -3.09. The molecule has 3 heteroatoms. The minimum absolute atomic E-state index is 0.328. The summed E-state index contributed by atoms with van der Waals surface area (Å²) in [6, 6.07) is 55.2. The molecule has 0 saturated carbocycles. The zero-order chi connectivity index (χ0) is 31.3. The molecule has 0 amide bonds. The maximum absolute atomic E-state index is 2.72. The summed E-state index contributed by atoms with van der Waals surface area (Å²) in [6.45, 7) is 8.69. The highest BCUT2D eigenvalue weighted by molar-refractivity contribution is 14.1. The average molecular weight is 733 g/mol. The minimum Gasteiger partial charge on any atom is -0.0770 e. The third-order valence-electron chi connectivity index (χ3n) is 8.32. The van der Waals surface area contributed by atoms with Crippen LogP contribution >= 0.6 is 38.4 Å². The van der Waals surface area contributed by atoms with Crippen LogP contribution in [0.1, 0.15) is 37.3 Å². The first-order valence-corrected chi connectivity index (χ1v) is 19.5. The Bertz CT molecular complexity index is 1770. The molecular weight excluding hydrogens is 693 g/mol. The Morgan fingerprint density at radius 1 is 0.422 bits per heavy atom. The summed E-state index contributed by atoms with van der Waals surface area (Å²) in [6.07, 6.45) is 0.981. The quantitative estimate of drug-likeness (QED) is 0.0791. The first-order chi connectivity index (χ1) is 21.9. The van der Waals surface area contributed by atoms with E-state index in [1.165, 1.54) is 65.2 Å². The third-order valence-corrected chi connectivity index (χ3v) is 14.5. The minimum atomic E-state index is -0.698. The summed E-state index contributed by atoms with van der Waals surface area (Å²) >= 11 is 2.72. The first-order valence-electron chi connectivity index (χ1n) is 15.6. The molecule has 6 rings (SSSR count).